The summed E-state index contributed by atoms with van der Waals surface area (Å²) in [5.74, 6) is 0. The molecule has 0 aliphatic rings. The summed E-state index contributed by atoms with van der Waals surface area (Å²) < 4.78 is 2.09. The quantitative estimate of drug-likeness (QED) is 0.822. The van der Waals surface area contributed by atoms with Gasteiger partial charge >= 0.3 is 0 Å². The fourth-order valence-electron chi connectivity index (χ4n) is 2.53. The number of nitriles is 1. The lowest BCUT2D eigenvalue weighted by atomic mass is 9.95. The Morgan fingerprint density at radius 1 is 1.42 bits per heavy atom. The van der Waals surface area contributed by atoms with Gasteiger partial charge in [0.15, 0.2) is 0 Å². The van der Waals surface area contributed by atoms with Crippen LogP contribution in [-0.2, 0) is 12.8 Å². The topological polar surface area (TPSA) is 53.6 Å². The smallest absolute Gasteiger partial charge is 0.105 e. The van der Waals surface area contributed by atoms with Gasteiger partial charge in [0.25, 0.3) is 0 Å². The molecule has 2 atom stereocenters. The standard InChI is InChI=1S/C15H26N4/c1-6-13-9-14(7-2)19(18-13)12(4)10-15(5,11-16)17-8-3/h9,12,17H,6-8,10H2,1-5H3. The van der Waals surface area contributed by atoms with Crippen LogP contribution in [0.5, 0.6) is 0 Å². The molecule has 1 aromatic rings. The predicted octanol–water partition coefficient (Wildman–Crippen LogP) is 2.85. The van der Waals surface area contributed by atoms with Gasteiger partial charge in [-0.25, -0.2) is 0 Å². The van der Waals surface area contributed by atoms with Crippen LogP contribution in [0, 0.1) is 11.3 Å². The van der Waals surface area contributed by atoms with Crippen molar-refractivity contribution in [3.8, 4) is 6.07 Å². The van der Waals surface area contributed by atoms with Gasteiger partial charge < -0.3 is 0 Å². The zero-order valence-corrected chi connectivity index (χ0v) is 12.8. The number of nitrogens with zero attached hydrogens (tertiary/aromatic N) is 3. The summed E-state index contributed by atoms with van der Waals surface area (Å²) in [6.07, 6.45) is 2.69. The third kappa shape index (κ3) is 3.81. The Morgan fingerprint density at radius 2 is 2.11 bits per heavy atom. The molecule has 1 N–H and O–H groups in total. The highest BCUT2D eigenvalue weighted by Gasteiger charge is 2.27. The lowest BCUT2D eigenvalue weighted by Gasteiger charge is -2.27. The molecule has 0 aliphatic carbocycles. The molecule has 1 heterocycles. The Kier molecular flexibility index (Phi) is 5.56. The molecular weight excluding hydrogens is 236 g/mol. The Hall–Kier alpha value is -1.34. The Balaban J connectivity index is 2.91. The van der Waals surface area contributed by atoms with Crippen molar-refractivity contribution in [2.24, 2.45) is 0 Å². The van der Waals surface area contributed by atoms with E-state index in [1.165, 1.54) is 5.69 Å². The Labute approximate surface area is 116 Å². The monoisotopic (exact) mass is 262 g/mol. The molecule has 0 saturated heterocycles. The highest BCUT2D eigenvalue weighted by molar-refractivity contribution is 5.12. The van der Waals surface area contributed by atoms with Crippen LogP contribution in [0.1, 0.15) is 58.5 Å². The summed E-state index contributed by atoms with van der Waals surface area (Å²) in [4.78, 5) is 0. The number of rotatable bonds is 7. The lowest BCUT2D eigenvalue weighted by Crippen LogP contribution is -2.42. The number of hydrogen-bond acceptors (Lipinski definition) is 3. The van der Waals surface area contributed by atoms with Crippen LogP contribution in [0.2, 0.25) is 0 Å². The van der Waals surface area contributed by atoms with Crippen molar-refractivity contribution >= 4 is 0 Å². The molecule has 0 saturated carbocycles. The van der Waals surface area contributed by atoms with Gasteiger partial charge in [0.2, 0.25) is 0 Å². The lowest BCUT2D eigenvalue weighted by molar-refractivity contribution is 0.332. The molecular formula is C15H26N4. The third-order valence-corrected chi connectivity index (χ3v) is 3.52. The number of aromatic nitrogens is 2. The predicted molar refractivity (Wildman–Crippen MR) is 78.0 cm³/mol. The van der Waals surface area contributed by atoms with Gasteiger partial charge in [-0.15, -0.1) is 0 Å². The average molecular weight is 262 g/mol. The molecule has 106 valence electrons. The van der Waals surface area contributed by atoms with E-state index in [0.29, 0.717) is 0 Å². The normalized spacial score (nSPS) is 15.8. The average Bonchev–Trinajstić information content (AvgIpc) is 2.82. The van der Waals surface area contributed by atoms with Crippen LogP contribution >= 0.6 is 0 Å². The first-order chi connectivity index (χ1) is 8.99. The molecule has 1 rings (SSSR count). The molecule has 2 unspecified atom stereocenters. The minimum Gasteiger partial charge on any atom is -0.300 e. The molecule has 0 spiro atoms. The van der Waals surface area contributed by atoms with E-state index in [9.17, 15) is 5.26 Å². The van der Waals surface area contributed by atoms with Gasteiger partial charge in [-0.3, -0.25) is 10.00 Å². The molecule has 0 fully saturated rings. The largest absolute Gasteiger partial charge is 0.300 e. The fourth-order valence-corrected chi connectivity index (χ4v) is 2.53. The van der Waals surface area contributed by atoms with Crippen molar-refractivity contribution in [3.05, 3.63) is 17.5 Å². The molecule has 0 aliphatic heterocycles. The van der Waals surface area contributed by atoms with E-state index in [1.807, 2.05) is 13.8 Å². The van der Waals surface area contributed by atoms with Crippen LogP contribution in [0.25, 0.3) is 0 Å². The maximum atomic E-state index is 9.35. The highest BCUT2D eigenvalue weighted by Crippen LogP contribution is 2.22. The zero-order chi connectivity index (χ0) is 14.5. The minimum atomic E-state index is -0.489. The molecule has 0 radical (unpaired) electrons. The van der Waals surface area contributed by atoms with Gasteiger partial charge in [0.05, 0.1) is 17.8 Å². The maximum absolute atomic E-state index is 9.35. The van der Waals surface area contributed by atoms with Gasteiger partial charge in [-0.1, -0.05) is 20.8 Å². The first-order valence-corrected chi connectivity index (χ1v) is 7.23. The first kappa shape index (κ1) is 15.7. The number of hydrogen-bond donors (Lipinski definition) is 1. The van der Waals surface area contributed by atoms with Crippen LogP contribution < -0.4 is 5.32 Å². The van der Waals surface area contributed by atoms with E-state index < -0.39 is 5.54 Å². The van der Waals surface area contributed by atoms with Gasteiger partial charge in [-0.2, -0.15) is 10.4 Å². The van der Waals surface area contributed by atoms with E-state index in [1.54, 1.807) is 0 Å². The zero-order valence-electron chi connectivity index (χ0n) is 12.8. The first-order valence-electron chi connectivity index (χ1n) is 7.23. The molecule has 19 heavy (non-hydrogen) atoms. The maximum Gasteiger partial charge on any atom is 0.105 e. The van der Waals surface area contributed by atoms with Crippen molar-refractivity contribution in [2.45, 2.75) is 65.5 Å². The van der Waals surface area contributed by atoms with E-state index in [0.717, 1.165) is 31.5 Å². The molecule has 4 nitrogen and oxygen atoms in total. The summed E-state index contributed by atoms with van der Waals surface area (Å²) >= 11 is 0. The van der Waals surface area contributed by atoms with E-state index in [2.05, 4.69) is 48.0 Å². The van der Waals surface area contributed by atoms with Crippen LogP contribution in [0.4, 0.5) is 0 Å². The highest BCUT2D eigenvalue weighted by atomic mass is 15.3. The summed E-state index contributed by atoms with van der Waals surface area (Å²) in [6, 6.07) is 4.78. The van der Waals surface area contributed by atoms with Gasteiger partial charge in [0, 0.05) is 12.1 Å². The SMILES string of the molecule is CCNC(C)(C#N)CC(C)n1nc(CC)cc1CC. The number of nitrogens with one attached hydrogen (secondary N) is 1. The second kappa shape index (κ2) is 6.72. The third-order valence-electron chi connectivity index (χ3n) is 3.52. The van der Waals surface area contributed by atoms with E-state index in [-0.39, 0.29) is 6.04 Å². The fraction of sp³-hybridized carbons (Fsp3) is 0.733. The van der Waals surface area contributed by atoms with E-state index in [4.69, 9.17) is 0 Å². The second-order valence-corrected chi connectivity index (χ2v) is 5.31. The van der Waals surface area contributed by atoms with Crippen LogP contribution in [-0.4, -0.2) is 21.9 Å². The second-order valence-electron chi connectivity index (χ2n) is 5.31. The van der Waals surface area contributed by atoms with Crippen molar-refractivity contribution in [2.75, 3.05) is 6.54 Å². The molecule has 0 amide bonds. The number of aryl methyl sites for hydroxylation is 2. The molecule has 0 aromatic carbocycles. The minimum absolute atomic E-state index is 0.221. The Morgan fingerprint density at radius 3 is 2.58 bits per heavy atom. The van der Waals surface area contributed by atoms with E-state index >= 15 is 0 Å². The van der Waals surface area contributed by atoms with Crippen molar-refractivity contribution < 1.29 is 0 Å². The summed E-state index contributed by atoms with van der Waals surface area (Å²) in [5.41, 5.74) is 1.89. The van der Waals surface area contributed by atoms with Crippen LogP contribution in [0.3, 0.4) is 0 Å². The van der Waals surface area contributed by atoms with Crippen molar-refractivity contribution in [1.29, 1.82) is 5.26 Å². The van der Waals surface area contributed by atoms with Gasteiger partial charge in [0.1, 0.15) is 5.54 Å². The van der Waals surface area contributed by atoms with Gasteiger partial charge in [-0.05, 0) is 39.3 Å². The summed E-state index contributed by atoms with van der Waals surface area (Å²) in [7, 11) is 0. The summed E-state index contributed by atoms with van der Waals surface area (Å²) in [6.45, 7) is 11.2. The van der Waals surface area contributed by atoms with Crippen molar-refractivity contribution in [3.63, 3.8) is 0 Å². The molecule has 1 aromatic heterocycles. The Bertz CT molecular complexity index is 443. The summed E-state index contributed by atoms with van der Waals surface area (Å²) in [5, 5.41) is 17.3. The van der Waals surface area contributed by atoms with Crippen LogP contribution in [0.15, 0.2) is 6.07 Å². The molecule has 4 heteroatoms. The molecule has 0 bridgehead atoms. The van der Waals surface area contributed by atoms with Crippen molar-refractivity contribution in [1.82, 2.24) is 15.1 Å².